The first-order valence-corrected chi connectivity index (χ1v) is 8.73. The van der Waals surface area contributed by atoms with Gasteiger partial charge in [0.05, 0.1) is 7.11 Å². The highest BCUT2D eigenvalue weighted by atomic mass is 16.5. The predicted octanol–water partition coefficient (Wildman–Crippen LogP) is 3.55. The molecule has 6 nitrogen and oxygen atoms in total. The fourth-order valence-electron chi connectivity index (χ4n) is 2.49. The molecule has 3 rings (SSSR count). The summed E-state index contributed by atoms with van der Waals surface area (Å²) in [6, 6.07) is 14.9. The lowest BCUT2D eigenvalue weighted by atomic mass is 10.1. The Morgan fingerprint density at radius 3 is 2.15 bits per heavy atom. The third-order valence-corrected chi connectivity index (χ3v) is 4.14. The van der Waals surface area contributed by atoms with Gasteiger partial charge in [-0.15, -0.1) is 0 Å². The number of methoxy groups -OCH3 is 1. The van der Waals surface area contributed by atoms with E-state index in [2.05, 4.69) is 16.0 Å². The van der Waals surface area contributed by atoms with Crippen molar-refractivity contribution in [3.8, 4) is 5.75 Å². The highest BCUT2D eigenvalue weighted by Crippen LogP contribution is 2.19. The lowest BCUT2D eigenvalue weighted by Gasteiger charge is -2.09. The van der Waals surface area contributed by atoms with Gasteiger partial charge in [0.1, 0.15) is 5.75 Å². The van der Waals surface area contributed by atoms with Crippen LogP contribution in [0.5, 0.6) is 5.75 Å². The van der Waals surface area contributed by atoms with Gasteiger partial charge in [-0.2, -0.15) is 0 Å². The lowest BCUT2D eigenvalue weighted by molar-refractivity contribution is -0.116. The molecule has 1 fully saturated rings. The van der Waals surface area contributed by atoms with Crippen molar-refractivity contribution in [1.82, 2.24) is 5.32 Å². The quantitative estimate of drug-likeness (QED) is 0.712. The van der Waals surface area contributed by atoms with E-state index >= 15 is 0 Å². The molecule has 0 spiro atoms. The number of amides is 3. The second-order valence-corrected chi connectivity index (χ2v) is 6.35. The van der Waals surface area contributed by atoms with Gasteiger partial charge in [0.15, 0.2) is 0 Å². The number of hydrogen-bond acceptors (Lipinski definition) is 3. The first kappa shape index (κ1) is 17.8. The molecule has 1 aliphatic rings. The molecule has 136 valence electrons. The summed E-state index contributed by atoms with van der Waals surface area (Å²) in [4.78, 5) is 23.8. The van der Waals surface area contributed by atoms with Crippen molar-refractivity contribution in [2.45, 2.75) is 31.7 Å². The predicted molar refractivity (Wildman–Crippen MR) is 102 cm³/mol. The maximum Gasteiger partial charge on any atom is 0.319 e. The van der Waals surface area contributed by atoms with Gasteiger partial charge in [0.2, 0.25) is 5.91 Å². The second kappa shape index (κ2) is 8.38. The van der Waals surface area contributed by atoms with E-state index in [1.54, 1.807) is 31.4 Å². The number of carbonyl (C=O) groups excluding carboxylic acids is 2. The molecule has 2 aromatic carbocycles. The zero-order valence-corrected chi connectivity index (χ0v) is 14.7. The Morgan fingerprint density at radius 2 is 1.58 bits per heavy atom. The van der Waals surface area contributed by atoms with Crippen LogP contribution in [0.1, 0.15) is 24.8 Å². The van der Waals surface area contributed by atoms with E-state index in [1.165, 1.54) is 0 Å². The molecule has 0 radical (unpaired) electrons. The van der Waals surface area contributed by atoms with Gasteiger partial charge in [0, 0.05) is 23.8 Å². The fourth-order valence-corrected chi connectivity index (χ4v) is 2.49. The molecule has 3 amide bonds. The molecular weight excluding hydrogens is 330 g/mol. The maximum absolute atomic E-state index is 12.1. The van der Waals surface area contributed by atoms with Crippen molar-refractivity contribution < 1.29 is 14.3 Å². The molecular formula is C20H23N3O3. The Kier molecular flexibility index (Phi) is 5.73. The molecule has 0 aliphatic heterocycles. The Balaban J connectivity index is 1.43. The number of rotatable bonds is 7. The van der Waals surface area contributed by atoms with Crippen LogP contribution in [0.4, 0.5) is 16.2 Å². The number of aryl methyl sites for hydroxylation is 1. The highest BCUT2D eigenvalue weighted by molar-refractivity contribution is 5.92. The Bertz CT molecular complexity index is 753. The zero-order valence-electron chi connectivity index (χ0n) is 14.7. The number of nitrogens with one attached hydrogen (secondary N) is 3. The molecule has 3 N–H and O–H groups in total. The van der Waals surface area contributed by atoms with Crippen molar-refractivity contribution >= 4 is 23.3 Å². The van der Waals surface area contributed by atoms with Crippen LogP contribution in [0.3, 0.4) is 0 Å². The average molecular weight is 353 g/mol. The Morgan fingerprint density at radius 1 is 0.962 bits per heavy atom. The molecule has 0 aromatic heterocycles. The number of anilines is 2. The van der Waals surface area contributed by atoms with Gasteiger partial charge in [-0.3, -0.25) is 4.79 Å². The topological polar surface area (TPSA) is 79.5 Å². The van der Waals surface area contributed by atoms with Crippen LogP contribution in [-0.2, 0) is 11.2 Å². The number of carbonyl (C=O) groups is 2. The SMILES string of the molecule is COc1ccc(CCC(=O)Nc2ccc(NC(=O)NC3CC3)cc2)cc1. The van der Waals surface area contributed by atoms with E-state index in [-0.39, 0.29) is 11.9 Å². The van der Waals surface area contributed by atoms with Crippen molar-refractivity contribution in [2.24, 2.45) is 0 Å². The maximum atomic E-state index is 12.1. The summed E-state index contributed by atoms with van der Waals surface area (Å²) in [5.74, 6) is 0.755. The van der Waals surface area contributed by atoms with Crippen LogP contribution in [-0.4, -0.2) is 25.1 Å². The molecule has 0 saturated heterocycles. The first-order chi connectivity index (χ1) is 12.6. The zero-order chi connectivity index (χ0) is 18.4. The molecule has 0 bridgehead atoms. The summed E-state index contributed by atoms with van der Waals surface area (Å²) in [6.07, 6.45) is 3.16. The first-order valence-electron chi connectivity index (χ1n) is 8.73. The van der Waals surface area contributed by atoms with E-state index in [9.17, 15) is 9.59 Å². The summed E-state index contributed by atoms with van der Waals surface area (Å²) >= 11 is 0. The van der Waals surface area contributed by atoms with Crippen LogP contribution in [0, 0.1) is 0 Å². The second-order valence-electron chi connectivity index (χ2n) is 6.35. The van der Waals surface area contributed by atoms with Crippen molar-refractivity contribution in [3.63, 3.8) is 0 Å². The minimum absolute atomic E-state index is 0.0481. The fraction of sp³-hybridized carbons (Fsp3) is 0.300. The summed E-state index contributed by atoms with van der Waals surface area (Å²) in [5.41, 5.74) is 2.49. The molecule has 6 heteroatoms. The van der Waals surface area contributed by atoms with Gasteiger partial charge < -0.3 is 20.7 Å². The lowest BCUT2D eigenvalue weighted by Crippen LogP contribution is -2.30. The van der Waals surface area contributed by atoms with Crippen molar-refractivity contribution in [1.29, 1.82) is 0 Å². The normalized spacial score (nSPS) is 13.0. The molecule has 0 unspecified atom stereocenters. The minimum atomic E-state index is -0.191. The van der Waals surface area contributed by atoms with Crippen molar-refractivity contribution in [2.75, 3.05) is 17.7 Å². The molecule has 26 heavy (non-hydrogen) atoms. The molecule has 1 aliphatic carbocycles. The van der Waals surface area contributed by atoms with Crippen LogP contribution >= 0.6 is 0 Å². The van der Waals surface area contributed by atoms with E-state index < -0.39 is 0 Å². The van der Waals surface area contributed by atoms with Gasteiger partial charge >= 0.3 is 6.03 Å². The largest absolute Gasteiger partial charge is 0.497 e. The third kappa shape index (κ3) is 5.51. The molecule has 0 heterocycles. The van der Waals surface area contributed by atoms with E-state index in [1.807, 2.05) is 24.3 Å². The average Bonchev–Trinajstić information content (AvgIpc) is 3.46. The van der Waals surface area contributed by atoms with E-state index in [0.717, 1.165) is 24.2 Å². The van der Waals surface area contributed by atoms with Gasteiger partial charge in [-0.05, 0) is 61.2 Å². The van der Waals surface area contributed by atoms with Gasteiger partial charge in [-0.25, -0.2) is 4.79 Å². The van der Waals surface area contributed by atoms with Gasteiger partial charge in [0.25, 0.3) is 0 Å². The van der Waals surface area contributed by atoms with Gasteiger partial charge in [-0.1, -0.05) is 12.1 Å². The molecule has 1 saturated carbocycles. The Labute approximate surface area is 152 Å². The van der Waals surface area contributed by atoms with Crippen LogP contribution in [0.15, 0.2) is 48.5 Å². The molecule has 0 atom stereocenters. The number of hydrogen-bond donors (Lipinski definition) is 3. The van der Waals surface area contributed by atoms with Crippen LogP contribution < -0.4 is 20.7 Å². The summed E-state index contributed by atoms with van der Waals surface area (Å²) in [6.45, 7) is 0. The third-order valence-electron chi connectivity index (χ3n) is 4.14. The summed E-state index contributed by atoms with van der Waals surface area (Å²) in [5, 5.41) is 8.50. The number of benzene rings is 2. The smallest absolute Gasteiger partial charge is 0.319 e. The van der Waals surface area contributed by atoms with Crippen LogP contribution in [0.25, 0.3) is 0 Å². The summed E-state index contributed by atoms with van der Waals surface area (Å²) in [7, 11) is 1.63. The number of ether oxygens (including phenoxy) is 1. The highest BCUT2D eigenvalue weighted by Gasteiger charge is 2.23. The van der Waals surface area contributed by atoms with Crippen LogP contribution in [0.2, 0.25) is 0 Å². The van der Waals surface area contributed by atoms with E-state index in [4.69, 9.17) is 4.74 Å². The Hall–Kier alpha value is -3.02. The van der Waals surface area contributed by atoms with Crippen molar-refractivity contribution in [3.05, 3.63) is 54.1 Å². The standard InChI is InChI=1S/C20H23N3O3/c1-26-18-11-2-14(3-12-18)4-13-19(24)21-15-5-7-16(8-6-15)22-20(25)23-17-9-10-17/h2-3,5-8,11-12,17H,4,9-10,13H2,1H3,(H,21,24)(H2,22,23,25). The number of urea groups is 1. The molecule has 2 aromatic rings. The minimum Gasteiger partial charge on any atom is -0.497 e. The van der Waals surface area contributed by atoms with E-state index in [0.29, 0.717) is 30.3 Å². The monoisotopic (exact) mass is 353 g/mol. The summed E-state index contributed by atoms with van der Waals surface area (Å²) < 4.78 is 5.12.